The summed E-state index contributed by atoms with van der Waals surface area (Å²) >= 11 is 9.67. The molecule has 1 unspecified atom stereocenters. The van der Waals surface area contributed by atoms with Gasteiger partial charge in [0.25, 0.3) is 0 Å². The first-order valence-electron chi connectivity index (χ1n) is 6.56. The van der Waals surface area contributed by atoms with E-state index in [9.17, 15) is 0 Å². The summed E-state index contributed by atoms with van der Waals surface area (Å²) in [5.74, 6) is 1.45. The Kier molecular flexibility index (Phi) is 5.46. The highest BCUT2D eigenvalue weighted by Crippen LogP contribution is 2.34. The number of ether oxygens (including phenoxy) is 1. The van der Waals surface area contributed by atoms with Gasteiger partial charge >= 0.3 is 0 Å². The summed E-state index contributed by atoms with van der Waals surface area (Å²) < 4.78 is 6.94. The van der Waals surface area contributed by atoms with E-state index in [2.05, 4.69) is 22.9 Å². The van der Waals surface area contributed by atoms with Crippen LogP contribution in [0.1, 0.15) is 18.9 Å². The van der Waals surface area contributed by atoms with Gasteiger partial charge in [0, 0.05) is 10.5 Å². The normalized spacial score (nSPS) is 12.2. The van der Waals surface area contributed by atoms with E-state index in [1.165, 1.54) is 0 Å². The number of benzene rings is 2. The third kappa shape index (κ3) is 3.98. The Bertz CT molecular complexity index is 571. The van der Waals surface area contributed by atoms with Crippen molar-refractivity contribution in [1.82, 2.24) is 0 Å². The van der Waals surface area contributed by atoms with Crippen LogP contribution in [0.25, 0.3) is 0 Å². The summed E-state index contributed by atoms with van der Waals surface area (Å²) in [6.45, 7) is 2.07. The van der Waals surface area contributed by atoms with E-state index in [0.717, 1.165) is 28.6 Å². The van der Waals surface area contributed by atoms with Crippen LogP contribution in [0.15, 0.2) is 46.9 Å². The molecule has 0 radical (unpaired) electrons. The molecule has 0 fully saturated rings. The minimum Gasteiger partial charge on any atom is -0.456 e. The van der Waals surface area contributed by atoms with E-state index in [1.54, 1.807) is 0 Å². The van der Waals surface area contributed by atoms with Crippen LogP contribution in [0.2, 0.25) is 5.02 Å². The van der Waals surface area contributed by atoms with E-state index in [1.807, 2.05) is 42.5 Å². The van der Waals surface area contributed by atoms with Crippen LogP contribution in [-0.2, 0) is 6.42 Å². The van der Waals surface area contributed by atoms with Gasteiger partial charge in [-0.25, -0.2) is 0 Å². The van der Waals surface area contributed by atoms with Gasteiger partial charge < -0.3 is 10.5 Å². The first-order valence-corrected chi connectivity index (χ1v) is 7.73. The molecule has 0 amide bonds. The lowest BCUT2D eigenvalue weighted by molar-refractivity contribution is 0.472. The van der Waals surface area contributed by atoms with E-state index < -0.39 is 0 Å². The third-order valence-corrected chi connectivity index (χ3v) is 3.91. The number of hydrogen-bond acceptors (Lipinski definition) is 2. The van der Waals surface area contributed by atoms with E-state index in [-0.39, 0.29) is 6.04 Å². The number of nitrogens with two attached hydrogens (primary N) is 1. The molecule has 0 saturated heterocycles. The maximum Gasteiger partial charge on any atom is 0.149 e. The standard InChI is InChI=1S/C16H17BrClNO/c1-2-13(19)10-11-4-3-5-15(18)16(11)20-14-8-6-12(17)7-9-14/h3-9,13H,2,10,19H2,1H3. The summed E-state index contributed by atoms with van der Waals surface area (Å²) in [4.78, 5) is 0. The predicted molar refractivity (Wildman–Crippen MR) is 87.6 cm³/mol. The van der Waals surface area contributed by atoms with Crippen LogP contribution in [0.4, 0.5) is 0 Å². The minimum absolute atomic E-state index is 0.112. The van der Waals surface area contributed by atoms with Crippen LogP contribution < -0.4 is 10.5 Å². The molecule has 1 atom stereocenters. The zero-order valence-electron chi connectivity index (χ0n) is 11.3. The number of para-hydroxylation sites is 1. The second kappa shape index (κ2) is 7.11. The van der Waals surface area contributed by atoms with Gasteiger partial charge in [-0.1, -0.05) is 46.6 Å². The van der Waals surface area contributed by atoms with E-state index in [0.29, 0.717) is 10.8 Å². The molecule has 0 aromatic heterocycles. The molecule has 0 saturated carbocycles. The van der Waals surface area contributed by atoms with Crippen molar-refractivity contribution in [2.45, 2.75) is 25.8 Å². The van der Waals surface area contributed by atoms with Crippen LogP contribution in [-0.4, -0.2) is 6.04 Å². The summed E-state index contributed by atoms with van der Waals surface area (Å²) in [7, 11) is 0. The van der Waals surface area contributed by atoms with E-state index in [4.69, 9.17) is 22.1 Å². The molecule has 0 bridgehead atoms. The number of rotatable bonds is 5. The lowest BCUT2D eigenvalue weighted by Gasteiger charge is -2.15. The highest BCUT2D eigenvalue weighted by atomic mass is 79.9. The topological polar surface area (TPSA) is 35.2 Å². The Morgan fingerprint density at radius 3 is 2.55 bits per heavy atom. The first kappa shape index (κ1) is 15.4. The van der Waals surface area contributed by atoms with Gasteiger partial charge in [-0.15, -0.1) is 0 Å². The van der Waals surface area contributed by atoms with Gasteiger partial charge in [-0.3, -0.25) is 0 Å². The molecule has 0 aliphatic carbocycles. The van der Waals surface area contributed by atoms with Gasteiger partial charge in [0.05, 0.1) is 5.02 Å². The SMILES string of the molecule is CCC(N)Cc1cccc(Cl)c1Oc1ccc(Br)cc1. The average molecular weight is 355 g/mol. The Labute approximate surface area is 133 Å². The molecule has 0 heterocycles. The Morgan fingerprint density at radius 2 is 1.90 bits per heavy atom. The van der Waals surface area contributed by atoms with Crippen molar-refractivity contribution >= 4 is 27.5 Å². The zero-order valence-corrected chi connectivity index (χ0v) is 13.6. The lowest BCUT2D eigenvalue weighted by Crippen LogP contribution is -2.21. The van der Waals surface area contributed by atoms with Crippen molar-refractivity contribution in [3.63, 3.8) is 0 Å². The van der Waals surface area contributed by atoms with Gasteiger partial charge in [0.2, 0.25) is 0 Å². The minimum atomic E-state index is 0.112. The summed E-state index contributed by atoms with van der Waals surface area (Å²) in [6.07, 6.45) is 1.67. The van der Waals surface area contributed by atoms with Crippen LogP contribution >= 0.6 is 27.5 Å². The molecule has 20 heavy (non-hydrogen) atoms. The molecule has 2 aromatic rings. The van der Waals surface area contributed by atoms with Crippen molar-refractivity contribution in [2.75, 3.05) is 0 Å². The quantitative estimate of drug-likeness (QED) is 0.803. The largest absolute Gasteiger partial charge is 0.456 e. The molecule has 2 nitrogen and oxygen atoms in total. The van der Waals surface area contributed by atoms with Crippen molar-refractivity contribution in [3.05, 3.63) is 57.5 Å². The molecule has 0 aliphatic rings. The Hall–Kier alpha value is -1.03. The van der Waals surface area contributed by atoms with Crippen LogP contribution in [0.3, 0.4) is 0 Å². The summed E-state index contributed by atoms with van der Waals surface area (Å²) in [5.41, 5.74) is 7.07. The fourth-order valence-corrected chi connectivity index (χ4v) is 2.37. The van der Waals surface area contributed by atoms with Gasteiger partial charge in [0.1, 0.15) is 11.5 Å². The Morgan fingerprint density at radius 1 is 1.20 bits per heavy atom. The third-order valence-electron chi connectivity index (χ3n) is 3.09. The maximum atomic E-state index is 6.26. The van der Waals surface area contributed by atoms with Gasteiger partial charge in [-0.2, -0.15) is 0 Å². The monoisotopic (exact) mass is 353 g/mol. The second-order valence-electron chi connectivity index (χ2n) is 4.66. The summed E-state index contributed by atoms with van der Waals surface area (Å²) in [6, 6.07) is 13.5. The fraction of sp³-hybridized carbons (Fsp3) is 0.250. The molecule has 0 aliphatic heterocycles. The molecular formula is C16H17BrClNO. The summed E-state index contributed by atoms with van der Waals surface area (Å²) in [5, 5.41) is 0.605. The first-order chi connectivity index (χ1) is 9.60. The molecule has 2 aromatic carbocycles. The molecule has 2 rings (SSSR count). The van der Waals surface area contributed by atoms with Crippen molar-refractivity contribution in [3.8, 4) is 11.5 Å². The smallest absolute Gasteiger partial charge is 0.149 e. The highest BCUT2D eigenvalue weighted by Gasteiger charge is 2.12. The van der Waals surface area contributed by atoms with Crippen molar-refractivity contribution < 1.29 is 4.74 Å². The molecule has 4 heteroatoms. The zero-order chi connectivity index (χ0) is 14.5. The van der Waals surface area contributed by atoms with Crippen LogP contribution in [0, 0.1) is 0 Å². The van der Waals surface area contributed by atoms with Gasteiger partial charge in [0.15, 0.2) is 0 Å². The van der Waals surface area contributed by atoms with Crippen molar-refractivity contribution in [2.24, 2.45) is 5.73 Å². The molecule has 2 N–H and O–H groups in total. The number of hydrogen-bond donors (Lipinski definition) is 1. The average Bonchev–Trinajstić information content (AvgIpc) is 2.44. The highest BCUT2D eigenvalue weighted by molar-refractivity contribution is 9.10. The van der Waals surface area contributed by atoms with Gasteiger partial charge in [-0.05, 0) is 48.7 Å². The predicted octanol–water partition coefficient (Wildman–Crippen LogP) is 5.17. The van der Waals surface area contributed by atoms with Crippen LogP contribution in [0.5, 0.6) is 11.5 Å². The fourth-order valence-electron chi connectivity index (χ4n) is 1.88. The molecule has 0 spiro atoms. The van der Waals surface area contributed by atoms with E-state index >= 15 is 0 Å². The molecular weight excluding hydrogens is 338 g/mol. The molecule has 106 valence electrons. The van der Waals surface area contributed by atoms with Crippen molar-refractivity contribution in [1.29, 1.82) is 0 Å². The Balaban J connectivity index is 2.27. The number of halogens is 2. The lowest BCUT2D eigenvalue weighted by atomic mass is 10.0. The maximum absolute atomic E-state index is 6.26. The second-order valence-corrected chi connectivity index (χ2v) is 5.98.